The number of carbonyl (C=O) groups excluding carboxylic acids is 2. The van der Waals surface area contributed by atoms with Gasteiger partial charge in [-0.15, -0.1) is 5.92 Å². The lowest BCUT2D eigenvalue weighted by Crippen LogP contribution is -2.50. The number of ketones is 2. The van der Waals surface area contributed by atoms with Crippen molar-refractivity contribution in [2.75, 3.05) is 19.0 Å². The molecule has 178 valence electrons. The molecule has 1 aromatic rings. The summed E-state index contributed by atoms with van der Waals surface area (Å²) in [5, 5.41) is 0. The Bertz CT molecular complexity index is 1160. The first-order valence-corrected chi connectivity index (χ1v) is 12.9. The third kappa shape index (κ3) is 3.25. The molecule has 3 nitrogen and oxygen atoms in total. The van der Waals surface area contributed by atoms with Gasteiger partial charge >= 0.3 is 0 Å². The second-order valence-corrected chi connectivity index (χ2v) is 11.4. The molecule has 0 heterocycles. The molecular weight excluding hydrogens is 418 g/mol. The summed E-state index contributed by atoms with van der Waals surface area (Å²) in [7, 11) is 4.14. The van der Waals surface area contributed by atoms with Gasteiger partial charge in [0.25, 0.3) is 0 Å². The highest BCUT2D eigenvalue weighted by atomic mass is 16.1. The zero-order valence-electron chi connectivity index (χ0n) is 21.3. The predicted molar refractivity (Wildman–Crippen MR) is 138 cm³/mol. The number of nitrogens with zero attached hydrogens (tertiary/aromatic N) is 1. The molecular formula is C31H37NO2. The van der Waals surface area contributed by atoms with Crippen LogP contribution in [0, 0.1) is 34.5 Å². The molecule has 0 spiro atoms. The molecule has 1 aromatic carbocycles. The summed E-state index contributed by atoms with van der Waals surface area (Å²) < 4.78 is 0. The van der Waals surface area contributed by atoms with Crippen molar-refractivity contribution in [2.45, 2.75) is 71.6 Å². The zero-order chi connectivity index (χ0) is 24.3. The van der Waals surface area contributed by atoms with Crippen molar-refractivity contribution in [1.82, 2.24) is 0 Å². The van der Waals surface area contributed by atoms with E-state index in [1.165, 1.54) is 22.4 Å². The predicted octanol–water partition coefficient (Wildman–Crippen LogP) is 6.25. The number of benzene rings is 1. The monoisotopic (exact) mass is 455 g/mol. The van der Waals surface area contributed by atoms with E-state index >= 15 is 0 Å². The number of anilines is 1. The fourth-order valence-corrected chi connectivity index (χ4v) is 8.01. The number of carbonyl (C=O) groups is 2. The Morgan fingerprint density at radius 1 is 1.15 bits per heavy atom. The second kappa shape index (κ2) is 8.26. The molecule has 3 saturated carbocycles. The Kier molecular flexibility index (Phi) is 5.63. The topological polar surface area (TPSA) is 37.4 Å². The van der Waals surface area contributed by atoms with Crippen LogP contribution in [0.1, 0.15) is 77.2 Å². The van der Waals surface area contributed by atoms with E-state index in [4.69, 9.17) is 0 Å². The maximum absolute atomic E-state index is 13.2. The summed E-state index contributed by atoms with van der Waals surface area (Å²) >= 11 is 0. The fourth-order valence-electron chi connectivity index (χ4n) is 8.01. The standard InChI is InChI=1S/C31H37NO2/c1-6-16-31(20(2)33)17-15-28-26-13-9-22-18-24(34)12-14-25(22)29(26)27(19-30(28,31)3)21-7-10-23(11-8-21)32(4)5/h7-11,26-28H,12-15,17-19H2,1-5H3/t26?,27-,28?,30?,31-/m1/s1. The Hall–Kier alpha value is -2.60. The molecule has 3 fully saturated rings. The summed E-state index contributed by atoms with van der Waals surface area (Å²) in [4.78, 5) is 27.6. The molecule has 3 heteroatoms. The molecule has 0 aromatic heterocycles. The first-order valence-electron chi connectivity index (χ1n) is 12.9. The van der Waals surface area contributed by atoms with Crippen LogP contribution in [-0.4, -0.2) is 25.7 Å². The largest absolute Gasteiger partial charge is 0.378 e. The van der Waals surface area contributed by atoms with E-state index in [-0.39, 0.29) is 17.1 Å². The molecule has 0 amide bonds. The quantitative estimate of drug-likeness (QED) is 0.506. The van der Waals surface area contributed by atoms with Crippen LogP contribution < -0.4 is 4.90 Å². The van der Waals surface area contributed by atoms with E-state index in [0.29, 0.717) is 30.5 Å². The van der Waals surface area contributed by atoms with Crippen molar-refractivity contribution in [2.24, 2.45) is 22.7 Å². The van der Waals surface area contributed by atoms with Crippen molar-refractivity contribution >= 4 is 17.3 Å². The molecule has 5 atom stereocenters. The number of fused-ring (bicyclic) bond motifs is 4. The average molecular weight is 456 g/mol. The van der Waals surface area contributed by atoms with Gasteiger partial charge in [-0.25, -0.2) is 0 Å². The lowest BCUT2D eigenvalue weighted by molar-refractivity contribution is -0.130. The van der Waals surface area contributed by atoms with Crippen LogP contribution in [-0.2, 0) is 9.59 Å². The first-order chi connectivity index (χ1) is 16.2. The second-order valence-electron chi connectivity index (χ2n) is 11.4. The maximum atomic E-state index is 13.2. The summed E-state index contributed by atoms with van der Waals surface area (Å²) in [6.45, 7) is 6.00. The Labute approximate surface area is 204 Å². The van der Waals surface area contributed by atoms with E-state index in [0.717, 1.165) is 32.1 Å². The molecule has 4 aliphatic carbocycles. The summed E-state index contributed by atoms with van der Waals surface area (Å²) in [6.07, 6.45) is 8.35. The summed E-state index contributed by atoms with van der Waals surface area (Å²) in [5.74, 6) is 8.38. The van der Waals surface area contributed by atoms with Crippen LogP contribution in [0.15, 0.2) is 47.1 Å². The van der Waals surface area contributed by atoms with Crippen molar-refractivity contribution in [3.8, 4) is 11.8 Å². The van der Waals surface area contributed by atoms with E-state index in [1.807, 2.05) is 6.92 Å². The lowest BCUT2D eigenvalue weighted by Gasteiger charge is -2.54. The molecule has 3 unspecified atom stereocenters. The van der Waals surface area contributed by atoms with Crippen molar-refractivity contribution in [3.63, 3.8) is 0 Å². The third-order valence-corrected chi connectivity index (χ3v) is 9.66. The number of hydrogen-bond acceptors (Lipinski definition) is 3. The normalized spacial score (nSPS) is 34.3. The van der Waals surface area contributed by atoms with E-state index < -0.39 is 5.41 Å². The minimum atomic E-state index is -0.559. The third-order valence-electron chi connectivity index (χ3n) is 9.66. The van der Waals surface area contributed by atoms with Gasteiger partial charge in [-0.1, -0.05) is 36.6 Å². The van der Waals surface area contributed by atoms with E-state index in [2.05, 4.69) is 68.1 Å². The van der Waals surface area contributed by atoms with Crippen LogP contribution in [0.4, 0.5) is 5.69 Å². The SMILES string of the molecule is CC#C[C@]1(C(C)=O)CCC2C3CC=C4CC(=O)CCC4=C3[C@@H](c3ccc(N(C)C)cc3)CC21C. The van der Waals surface area contributed by atoms with E-state index in [1.54, 1.807) is 12.5 Å². The smallest absolute Gasteiger partial charge is 0.148 e. The minimum Gasteiger partial charge on any atom is -0.378 e. The van der Waals surface area contributed by atoms with Crippen LogP contribution in [0.5, 0.6) is 0 Å². The minimum absolute atomic E-state index is 0.155. The van der Waals surface area contributed by atoms with Gasteiger partial charge in [-0.05, 0) is 92.0 Å². The number of allylic oxidation sites excluding steroid dienone is 4. The molecule has 0 aliphatic heterocycles. The summed E-state index contributed by atoms with van der Waals surface area (Å²) in [6, 6.07) is 9.01. The van der Waals surface area contributed by atoms with Gasteiger partial charge in [0.2, 0.25) is 0 Å². The van der Waals surface area contributed by atoms with Gasteiger partial charge in [0.05, 0.1) is 5.41 Å². The van der Waals surface area contributed by atoms with Crippen molar-refractivity contribution in [3.05, 3.63) is 52.6 Å². The Balaban J connectivity index is 1.68. The molecule has 5 rings (SSSR count). The molecule has 34 heavy (non-hydrogen) atoms. The van der Waals surface area contributed by atoms with E-state index in [9.17, 15) is 9.59 Å². The molecule has 0 bridgehead atoms. The highest BCUT2D eigenvalue weighted by Gasteiger charge is 2.64. The average Bonchev–Trinajstić information content (AvgIpc) is 3.11. The van der Waals surface area contributed by atoms with Gasteiger partial charge in [0.1, 0.15) is 11.6 Å². The van der Waals surface area contributed by atoms with Crippen LogP contribution >= 0.6 is 0 Å². The zero-order valence-corrected chi connectivity index (χ0v) is 21.3. The van der Waals surface area contributed by atoms with Gasteiger partial charge in [0, 0.05) is 38.5 Å². The Morgan fingerprint density at radius 2 is 1.88 bits per heavy atom. The number of Topliss-reactive ketones (excluding diaryl/α,β-unsaturated/α-hetero) is 2. The van der Waals surface area contributed by atoms with Crippen LogP contribution in [0.3, 0.4) is 0 Å². The molecule has 0 saturated heterocycles. The van der Waals surface area contributed by atoms with Gasteiger partial charge in [-0.2, -0.15) is 0 Å². The fraction of sp³-hybridized carbons (Fsp3) is 0.548. The molecule has 0 N–H and O–H groups in total. The number of rotatable bonds is 3. The Morgan fingerprint density at radius 3 is 2.53 bits per heavy atom. The van der Waals surface area contributed by atoms with Crippen LogP contribution in [0.25, 0.3) is 0 Å². The van der Waals surface area contributed by atoms with Gasteiger partial charge in [0.15, 0.2) is 0 Å². The van der Waals surface area contributed by atoms with Crippen LogP contribution in [0.2, 0.25) is 0 Å². The van der Waals surface area contributed by atoms with Crippen molar-refractivity contribution in [1.29, 1.82) is 0 Å². The summed E-state index contributed by atoms with van der Waals surface area (Å²) in [5.41, 5.74) is 6.14. The number of hydrogen-bond donors (Lipinski definition) is 0. The van der Waals surface area contributed by atoms with Gasteiger partial charge in [-0.3, -0.25) is 9.59 Å². The highest BCUT2D eigenvalue weighted by molar-refractivity contribution is 5.88. The highest BCUT2D eigenvalue weighted by Crippen LogP contribution is 2.69. The first kappa shape index (κ1) is 23.2. The van der Waals surface area contributed by atoms with Crippen molar-refractivity contribution < 1.29 is 9.59 Å². The molecule has 4 aliphatic rings. The maximum Gasteiger partial charge on any atom is 0.148 e. The lowest BCUT2D eigenvalue weighted by atomic mass is 9.48. The van der Waals surface area contributed by atoms with Gasteiger partial charge < -0.3 is 4.90 Å². The molecule has 0 radical (unpaired) electrons.